The number of amides is 1. The molecule has 2 aliphatic rings. The van der Waals surface area contributed by atoms with Crippen molar-refractivity contribution < 1.29 is 9.53 Å². The lowest BCUT2D eigenvalue weighted by Gasteiger charge is -2.37. The zero-order valence-corrected chi connectivity index (χ0v) is 19.3. The highest BCUT2D eigenvalue weighted by Crippen LogP contribution is 2.28. The van der Waals surface area contributed by atoms with Gasteiger partial charge in [0.05, 0.1) is 6.10 Å². The molecule has 0 spiro atoms. The maximum Gasteiger partial charge on any atom is 0.225 e. The number of nitrogens with two attached hydrogens (primary N) is 1. The molecule has 1 aromatic carbocycles. The molecule has 0 aromatic heterocycles. The SMILES string of the molecule is CO[C@@H]1C[C@@H](C(=O)N(C)CC2CCN(Cc3ccccc3)CC2)CC[C@H]1N.Cl.Cl. The van der Waals surface area contributed by atoms with Gasteiger partial charge in [-0.3, -0.25) is 9.69 Å². The Balaban J connectivity index is 0.00000210. The molecule has 29 heavy (non-hydrogen) atoms. The Bertz CT molecular complexity index is 597. The molecule has 2 N–H and O–H groups in total. The van der Waals surface area contributed by atoms with Gasteiger partial charge in [0.2, 0.25) is 5.91 Å². The molecule has 7 heteroatoms. The topological polar surface area (TPSA) is 58.8 Å². The van der Waals surface area contributed by atoms with Crippen molar-refractivity contribution in [2.24, 2.45) is 17.6 Å². The van der Waals surface area contributed by atoms with Gasteiger partial charge in [0.1, 0.15) is 0 Å². The third-order valence-corrected chi connectivity index (χ3v) is 6.36. The van der Waals surface area contributed by atoms with Crippen LogP contribution in [0.25, 0.3) is 0 Å². The lowest BCUT2D eigenvalue weighted by Crippen LogP contribution is -2.47. The second-order valence-electron chi connectivity index (χ2n) is 8.37. The number of halogens is 2. The Labute approximate surface area is 188 Å². The first-order valence-electron chi connectivity index (χ1n) is 10.4. The van der Waals surface area contributed by atoms with Gasteiger partial charge in [0, 0.05) is 39.2 Å². The van der Waals surface area contributed by atoms with E-state index < -0.39 is 0 Å². The zero-order chi connectivity index (χ0) is 19.2. The Morgan fingerprint density at radius 1 is 1.14 bits per heavy atom. The van der Waals surface area contributed by atoms with E-state index in [1.807, 2.05) is 11.9 Å². The lowest BCUT2D eigenvalue weighted by atomic mass is 9.83. The maximum atomic E-state index is 12.9. The van der Waals surface area contributed by atoms with Crippen LogP contribution in [0.3, 0.4) is 0 Å². The predicted octanol–water partition coefficient (Wildman–Crippen LogP) is 3.34. The summed E-state index contributed by atoms with van der Waals surface area (Å²) in [5.41, 5.74) is 7.47. The molecule has 3 rings (SSSR count). The zero-order valence-electron chi connectivity index (χ0n) is 17.7. The minimum atomic E-state index is 0. The van der Waals surface area contributed by atoms with Crippen LogP contribution in [0.2, 0.25) is 0 Å². The molecule has 2 fully saturated rings. The summed E-state index contributed by atoms with van der Waals surface area (Å²) >= 11 is 0. The molecule has 3 atom stereocenters. The molecule has 1 aliphatic carbocycles. The van der Waals surface area contributed by atoms with Crippen LogP contribution < -0.4 is 5.73 Å². The molecule has 0 unspecified atom stereocenters. The largest absolute Gasteiger partial charge is 0.380 e. The van der Waals surface area contributed by atoms with Gasteiger partial charge in [-0.2, -0.15) is 0 Å². The molecule has 1 aromatic rings. The van der Waals surface area contributed by atoms with Gasteiger partial charge in [-0.1, -0.05) is 30.3 Å². The van der Waals surface area contributed by atoms with Gasteiger partial charge >= 0.3 is 0 Å². The van der Waals surface area contributed by atoms with Crippen molar-refractivity contribution in [2.45, 2.75) is 50.8 Å². The first-order valence-corrected chi connectivity index (χ1v) is 10.4. The summed E-state index contributed by atoms with van der Waals surface area (Å²) in [5, 5.41) is 0. The second-order valence-corrected chi connectivity index (χ2v) is 8.37. The molecular weight excluding hydrogens is 409 g/mol. The van der Waals surface area contributed by atoms with E-state index in [1.165, 1.54) is 18.4 Å². The predicted molar refractivity (Wildman–Crippen MR) is 123 cm³/mol. The number of hydrogen-bond acceptors (Lipinski definition) is 4. The van der Waals surface area contributed by atoms with Crippen molar-refractivity contribution in [3.05, 3.63) is 35.9 Å². The number of benzene rings is 1. The van der Waals surface area contributed by atoms with Crippen molar-refractivity contribution in [2.75, 3.05) is 33.8 Å². The minimum absolute atomic E-state index is 0. The maximum absolute atomic E-state index is 12.9. The highest BCUT2D eigenvalue weighted by atomic mass is 35.5. The first-order chi connectivity index (χ1) is 13.1. The summed E-state index contributed by atoms with van der Waals surface area (Å²) in [6, 6.07) is 10.7. The second kappa shape index (κ2) is 12.8. The standard InChI is InChI=1S/C22H35N3O2.2ClH/c1-24(22(26)19-8-9-20(23)21(14-19)27-2)15-18-10-12-25(13-11-18)16-17-6-4-3-5-7-17;;/h3-7,18-21H,8-16,23H2,1-2H3;2*1H/t19-,20+,21+;;/m0../s1. The van der Waals surface area contributed by atoms with Crippen molar-refractivity contribution in [3.8, 4) is 0 Å². The summed E-state index contributed by atoms with van der Waals surface area (Å²) in [6.45, 7) is 4.14. The van der Waals surface area contributed by atoms with Crippen molar-refractivity contribution in [1.29, 1.82) is 0 Å². The normalized spacial score (nSPS) is 25.6. The van der Waals surface area contributed by atoms with Crippen LogP contribution in [0, 0.1) is 11.8 Å². The third-order valence-electron chi connectivity index (χ3n) is 6.36. The van der Waals surface area contributed by atoms with E-state index in [9.17, 15) is 4.79 Å². The van der Waals surface area contributed by atoms with Gasteiger partial charge in [-0.15, -0.1) is 24.8 Å². The lowest BCUT2D eigenvalue weighted by molar-refractivity contribution is -0.137. The first kappa shape index (κ1) is 26.2. The number of rotatable bonds is 6. The van der Waals surface area contributed by atoms with Gasteiger partial charge in [0.25, 0.3) is 0 Å². The fourth-order valence-corrected chi connectivity index (χ4v) is 4.61. The van der Waals surface area contributed by atoms with Crippen molar-refractivity contribution >= 4 is 30.7 Å². The van der Waals surface area contributed by atoms with Crippen LogP contribution in [0.15, 0.2) is 30.3 Å². The van der Waals surface area contributed by atoms with E-state index in [-0.39, 0.29) is 48.8 Å². The Kier molecular flexibility index (Phi) is 11.5. The summed E-state index contributed by atoms with van der Waals surface area (Å²) in [5.74, 6) is 0.948. The van der Waals surface area contributed by atoms with Gasteiger partial charge in [0.15, 0.2) is 0 Å². The molecule has 5 nitrogen and oxygen atoms in total. The van der Waals surface area contributed by atoms with Gasteiger partial charge in [-0.05, 0) is 56.7 Å². The summed E-state index contributed by atoms with van der Waals surface area (Å²) < 4.78 is 5.47. The molecule has 1 saturated heterocycles. The van der Waals surface area contributed by atoms with Crippen LogP contribution >= 0.6 is 24.8 Å². The smallest absolute Gasteiger partial charge is 0.225 e. The number of hydrogen-bond donors (Lipinski definition) is 1. The molecule has 0 bridgehead atoms. The Morgan fingerprint density at radius 2 is 1.79 bits per heavy atom. The van der Waals surface area contributed by atoms with Crippen molar-refractivity contribution in [3.63, 3.8) is 0 Å². The number of ether oxygens (including phenoxy) is 1. The van der Waals surface area contributed by atoms with Gasteiger partial charge in [-0.25, -0.2) is 0 Å². The van der Waals surface area contributed by atoms with Crippen molar-refractivity contribution in [1.82, 2.24) is 9.80 Å². The number of piperidine rings is 1. The van der Waals surface area contributed by atoms with Crippen LogP contribution in [0.4, 0.5) is 0 Å². The molecule has 1 heterocycles. The molecule has 1 aliphatic heterocycles. The molecular formula is C22H37Cl2N3O2. The highest BCUT2D eigenvalue weighted by molar-refractivity contribution is 5.85. The van der Waals surface area contributed by atoms with E-state index in [0.717, 1.165) is 45.4 Å². The average molecular weight is 446 g/mol. The monoisotopic (exact) mass is 445 g/mol. The number of likely N-dealkylation sites (tertiary alicyclic amines) is 1. The fourth-order valence-electron chi connectivity index (χ4n) is 4.61. The quantitative estimate of drug-likeness (QED) is 0.728. The van der Waals surface area contributed by atoms with E-state index >= 15 is 0 Å². The number of nitrogens with zero attached hydrogens (tertiary/aromatic N) is 2. The third kappa shape index (κ3) is 7.41. The van der Waals surface area contributed by atoms with E-state index in [1.54, 1.807) is 7.11 Å². The van der Waals surface area contributed by atoms with E-state index in [4.69, 9.17) is 10.5 Å². The molecule has 0 radical (unpaired) electrons. The fraction of sp³-hybridized carbons (Fsp3) is 0.682. The molecule has 166 valence electrons. The van der Waals surface area contributed by atoms with Crippen LogP contribution in [0.1, 0.15) is 37.7 Å². The van der Waals surface area contributed by atoms with Crippen LogP contribution in [-0.2, 0) is 16.1 Å². The summed E-state index contributed by atoms with van der Waals surface area (Å²) in [4.78, 5) is 17.4. The number of methoxy groups -OCH3 is 1. The minimum Gasteiger partial charge on any atom is -0.380 e. The molecule has 1 amide bonds. The van der Waals surface area contributed by atoms with Crippen LogP contribution in [-0.4, -0.2) is 61.6 Å². The number of carbonyl (C=O) groups is 1. The summed E-state index contributed by atoms with van der Waals surface area (Å²) in [6.07, 6.45) is 4.88. The van der Waals surface area contributed by atoms with E-state index in [0.29, 0.717) is 5.92 Å². The highest BCUT2D eigenvalue weighted by Gasteiger charge is 2.34. The van der Waals surface area contributed by atoms with Gasteiger partial charge < -0.3 is 15.4 Å². The van der Waals surface area contributed by atoms with Crippen LogP contribution in [0.5, 0.6) is 0 Å². The molecule has 1 saturated carbocycles. The number of carbonyl (C=O) groups excluding carboxylic acids is 1. The summed E-state index contributed by atoms with van der Waals surface area (Å²) in [7, 11) is 3.67. The average Bonchev–Trinajstić information content (AvgIpc) is 2.70. The Morgan fingerprint density at radius 3 is 2.41 bits per heavy atom. The van der Waals surface area contributed by atoms with E-state index in [2.05, 4.69) is 35.2 Å². The Hall–Kier alpha value is -0.850.